The van der Waals surface area contributed by atoms with Gasteiger partial charge in [-0.3, -0.25) is 9.40 Å². The van der Waals surface area contributed by atoms with Crippen molar-refractivity contribution in [3.63, 3.8) is 0 Å². The number of benzene rings is 1. The Morgan fingerprint density at radius 2 is 1.58 bits per heavy atom. The van der Waals surface area contributed by atoms with Crippen molar-refractivity contribution in [2.24, 2.45) is 7.05 Å². The maximum Gasteiger partial charge on any atom is 0.265 e. The molecular weight excluding hydrogens is 376 g/mol. The van der Waals surface area contributed by atoms with Crippen LogP contribution in [0.4, 0.5) is 5.69 Å². The number of aryl methyl sites for hydroxylation is 2. The fraction of sp³-hybridized carbons (Fsp3) is 0.438. The maximum atomic E-state index is 12.6. The van der Waals surface area contributed by atoms with Gasteiger partial charge in [-0.25, -0.2) is 16.8 Å². The molecule has 0 aliphatic heterocycles. The van der Waals surface area contributed by atoms with Crippen molar-refractivity contribution < 1.29 is 16.8 Å². The zero-order chi connectivity index (χ0) is 19.7. The normalized spacial score (nSPS) is 12.5. The molecule has 1 N–H and O–H groups in total. The van der Waals surface area contributed by atoms with Gasteiger partial charge in [0.15, 0.2) is 0 Å². The Labute approximate surface area is 154 Å². The molecule has 2 aromatic rings. The zero-order valence-corrected chi connectivity index (χ0v) is 17.1. The van der Waals surface area contributed by atoms with Crippen molar-refractivity contribution in [3.8, 4) is 0 Å². The second-order valence-electron chi connectivity index (χ2n) is 5.84. The SMILES string of the molecule is CCN(CC)S(=O)(=O)c1ccc(NS(=O)(=O)c2c(C)nn(C)c2C)cc1. The summed E-state index contributed by atoms with van der Waals surface area (Å²) in [5.41, 5.74) is 1.21. The summed E-state index contributed by atoms with van der Waals surface area (Å²) < 4.78 is 55.6. The predicted molar refractivity (Wildman–Crippen MR) is 100 cm³/mol. The van der Waals surface area contributed by atoms with Gasteiger partial charge in [-0.2, -0.15) is 9.40 Å². The Balaban J connectivity index is 2.32. The molecule has 0 amide bonds. The minimum atomic E-state index is -3.82. The van der Waals surface area contributed by atoms with E-state index < -0.39 is 20.0 Å². The van der Waals surface area contributed by atoms with E-state index in [4.69, 9.17) is 0 Å². The van der Waals surface area contributed by atoms with E-state index in [1.807, 2.05) is 0 Å². The van der Waals surface area contributed by atoms with Gasteiger partial charge < -0.3 is 0 Å². The lowest BCUT2D eigenvalue weighted by molar-refractivity contribution is 0.445. The van der Waals surface area contributed by atoms with E-state index >= 15 is 0 Å². The predicted octanol–water partition coefficient (Wildman–Crippen LogP) is 1.87. The molecule has 1 aromatic carbocycles. The number of hydrogen-bond donors (Lipinski definition) is 1. The molecule has 0 saturated carbocycles. The van der Waals surface area contributed by atoms with E-state index in [1.165, 1.54) is 33.3 Å². The van der Waals surface area contributed by atoms with E-state index in [0.717, 1.165) is 0 Å². The molecule has 0 bridgehead atoms. The fourth-order valence-electron chi connectivity index (χ4n) is 2.76. The van der Waals surface area contributed by atoms with E-state index in [9.17, 15) is 16.8 Å². The second-order valence-corrected chi connectivity index (χ2v) is 9.40. The largest absolute Gasteiger partial charge is 0.280 e. The van der Waals surface area contributed by atoms with E-state index in [2.05, 4.69) is 9.82 Å². The Morgan fingerprint density at radius 3 is 2.00 bits per heavy atom. The fourth-order valence-corrected chi connectivity index (χ4v) is 5.71. The monoisotopic (exact) mass is 400 g/mol. The number of rotatable bonds is 7. The van der Waals surface area contributed by atoms with Crippen LogP contribution in [0.15, 0.2) is 34.1 Å². The summed E-state index contributed by atoms with van der Waals surface area (Å²) in [6.07, 6.45) is 0. The van der Waals surface area contributed by atoms with Crippen LogP contribution in [0.25, 0.3) is 0 Å². The highest BCUT2D eigenvalue weighted by Gasteiger charge is 2.25. The Morgan fingerprint density at radius 1 is 1.04 bits per heavy atom. The average molecular weight is 401 g/mol. The van der Waals surface area contributed by atoms with Crippen LogP contribution in [0.1, 0.15) is 25.2 Å². The summed E-state index contributed by atoms with van der Waals surface area (Å²) >= 11 is 0. The zero-order valence-electron chi connectivity index (χ0n) is 15.5. The highest BCUT2D eigenvalue weighted by atomic mass is 32.2. The van der Waals surface area contributed by atoms with Gasteiger partial charge >= 0.3 is 0 Å². The van der Waals surface area contributed by atoms with Gasteiger partial charge in [0.1, 0.15) is 4.90 Å². The highest BCUT2D eigenvalue weighted by Crippen LogP contribution is 2.23. The van der Waals surface area contributed by atoms with E-state index in [-0.39, 0.29) is 15.5 Å². The molecule has 0 aliphatic rings. The summed E-state index contributed by atoms with van der Waals surface area (Å²) in [5.74, 6) is 0. The first kappa shape index (κ1) is 20.4. The van der Waals surface area contributed by atoms with Crippen molar-refractivity contribution in [2.75, 3.05) is 17.8 Å². The minimum absolute atomic E-state index is 0.123. The van der Waals surface area contributed by atoms with Gasteiger partial charge in [0, 0.05) is 25.8 Å². The van der Waals surface area contributed by atoms with Crippen LogP contribution < -0.4 is 4.72 Å². The molecule has 0 spiro atoms. The third-order valence-electron chi connectivity index (χ3n) is 4.16. The van der Waals surface area contributed by atoms with Gasteiger partial charge in [0.25, 0.3) is 10.0 Å². The summed E-state index contributed by atoms with van der Waals surface area (Å²) in [7, 11) is -5.73. The molecule has 144 valence electrons. The lowest BCUT2D eigenvalue weighted by Gasteiger charge is -2.18. The average Bonchev–Trinajstić information content (AvgIpc) is 2.81. The van der Waals surface area contributed by atoms with Gasteiger partial charge in [-0.05, 0) is 38.1 Å². The highest BCUT2D eigenvalue weighted by molar-refractivity contribution is 7.92. The molecule has 0 fully saturated rings. The van der Waals surface area contributed by atoms with Crippen molar-refractivity contribution in [1.82, 2.24) is 14.1 Å². The summed E-state index contributed by atoms with van der Waals surface area (Å²) in [6.45, 7) is 7.57. The van der Waals surface area contributed by atoms with Gasteiger partial charge in [-0.15, -0.1) is 0 Å². The summed E-state index contributed by atoms with van der Waals surface area (Å²) in [6, 6.07) is 5.67. The number of anilines is 1. The molecule has 1 aromatic heterocycles. The van der Waals surface area contributed by atoms with Gasteiger partial charge in [-0.1, -0.05) is 13.8 Å². The van der Waals surface area contributed by atoms with Crippen molar-refractivity contribution in [1.29, 1.82) is 0 Å². The third kappa shape index (κ3) is 3.76. The van der Waals surface area contributed by atoms with Crippen LogP contribution in [0.3, 0.4) is 0 Å². The first-order valence-electron chi connectivity index (χ1n) is 8.17. The topological polar surface area (TPSA) is 101 Å². The number of nitrogens with one attached hydrogen (secondary N) is 1. The van der Waals surface area contributed by atoms with Crippen LogP contribution in [0, 0.1) is 13.8 Å². The van der Waals surface area contributed by atoms with Gasteiger partial charge in [0.2, 0.25) is 10.0 Å². The second kappa shape index (κ2) is 7.37. The molecule has 0 atom stereocenters. The van der Waals surface area contributed by atoms with Crippen LogP contribution in [-0.2, 0) is 27.1 Å². The Hall–Kier alpha value is -1.91. The Bertz CT molecular complexity index is 990. The lowest BCUT2D eigenvalue weighted by atomic mass is 10.3. The van der Waals surface area contributed by atoms with Crippen molar-refractivity contribution in [2.45, 2.75) is 37.5 Å². The lowest BCUT2D eigenvalue weighted by Crippen LogP contribution is -2.30. The number of hydrogen-bond acceptors (Lipinski definition) is 5. The molecule has 2 rings (SSSR count). The molecular formula is C16H24N4O4S2. The van der Waals surface area contributed by atoms with Crippen LogP contribution >= 0.6 is 0 Å². The number of nitrogens with zero attached hydrogens (tertiary/aromatic N) is 3. The molecule has 26 heavy (non-hydrogen) atoms. The summed E-state index contributed by atoms with van der Waals surface area (Å²) in [5, 5.41) is 4.12. The van der Waals surface area contributed by atoms with Crippen LogP contribution in [-0.4, -0.2) is 44.0 Å². The molecule has 10 heteroatoms. The van der Waals surface area contributed by atoms with E-state index in [0.29, 0.717) is 24.5 Å². The molecule has 0 saturated heterocycles. The molecule has 8 nitrogen and oxygen atoms in total. The minimum Gasteiger partial charge on any atom is -0.280 e. The smallest absolute Gasteiger partial charge is 0.265 e. The van der Waals surface area contributed by atoms with Crippen LogP contribution in [0.5, 0.6) is 0 Å². The molecule has 0 aliphatic carbocycles. The molecule has 0 unspecified atom stereocenters. The van der Waals surface area contributed by atoms with Crippen molar-refractivity contribution >= 4 is 25.7 Å². The van der Waals surface area contributed by atoms with Crippen molar-refractivity contribution in [3.05, 3.63) is 35.7 Å². The van der Waals surface area contributed by atoms with Crippen LogP contribution in [0.2, 0.25) is 0 Å². The number of aromatic nitrogens is 2. The first-order valence-corrected chi connectivity index (χ1v) is 11.1. The third-order valence-corrected chi connectivity index (χ3v) is 7.86. The quantitative estimate of drug-likeness (QED) is 0.764. The number of sulfonamides is 2. The Kier molecular flexibility index (Phi) is 5.79. The molecule has 1 heterocycles. The van der Waals surface area contributed by atoms with E-state index in [1.54, 1.807) is 34.7 Å². The first-order chi connectivity index (χ1) is 12.0. The van der Waals surface area contributed by atoms with Gasteiger partial charge in [0.05, 0.1) is 16.3 Å². The standard InChI is InChI=1S/C16H24N4O4S2/c1-6-20(7-2)26(23,24)15-10-8-14(9-11-15)18-25(21,22)16-12(3)17-19(5)13(16)4/h8-11,18H,6-7H2,1-5H3. The molecule has 0 radical (unpaired) electrons. The maximum absolute atomic E-state index is 12.6. The summed E-state index contributed by atoms with van der Waals surface area (Å²) in [4.78, 5) is 0.248.